The van der Waals surface area contributed by atoms with Crippen LogP contribution in [0.5, 0.6) is 0 Å². The Labute approximate surface area is 113 Å². The van der Waals surface area contributed by atoms with Crippen LogP contribution in [0, 0.1) is 11.3 Å². The molecule has 0 bridgehead atoms. The topological polar surface area (TPSA) is 36.7 Å². The third-order valence-electron chi connectivity index (χ3n) is 2.17. The number of aromatic nitrogens is 1. The van der Waals surface area contributed by atoms with Crippen molar-refractivity contribution >= 4 is 34.8 Å². The van der Waals surface area contributed by atoms with E-state index >= 15 is 0 Å². The highest BCUT2D eigenvalue weighted by Gasteiger charge is 2.08. The second kappa shape index (κ2) is 4.93. The van der Waals surface area contributed by atoms with E-state index in [2.05, 4.69) is 4.98 Å². The second-order valence-electron chi connectivity index (χ2n) is 3.30. The summed E-state index contributed by atoms with van der Waals surface area (Å²) in [7, 11) is 0. The van der Waals surface area contributed by atoms with Crippen LogP contribution in [0.25, 0.3) is 11.3 Å². The number of halogens is 3. The smallest absolute Gasteiger partial charge is 0.101 e. The molecular weight excluding hydrogens is 279 g/mol. The number of rotatable bonds is 1. The molecule has 2 aromatic rings. The Bertz CT molecular complexity index is 577. The average Bonchev–Trinajstić information content (AvgIpc) is 2.35. The highest BCUT2D eigenvalue weighted by atomic mass is 35.5. The quantitative estimate of drug-likeness (QED) is 0.718. The van der Waals surface area contributed by atoms with Gasteiger partial charge in [-0.05, 0) is 24.3 Å². The molecule has 0 spiro atoms. The van der Waals surface area contributed by atoms with Gasteiger partial charge in [0.1, 0.15) is 6.07 Å². The van der Waals surface area contributed by atoms with E-state index in [1.807, 2.05) is 6.07 Å². The van der Waals surface area contributed by atoms with Crippen LogP contribution in [0.2, 0.25) is 15.1 Å². The Morgan fingerprint density at radius 2 is 1.71 bits per heavy atom. The van der Waals surface area contributed by atoms with E-state index in [1.54, 1.807) is 24.3 Å². The highest BCUT2D eigenvalue weighted by Crippen LogP contribution is 2.34. The van der Waals surface area contributed by atoms with E-state index < -0.39 is 0 Å². The molecule has 1 aromatic heterocycles. The van der Waals surface area contributed by atoms with Gasteiger partial charge in [-0.25, -0.2) is 0 Å². The van der Waals surface area contributed by atoms with Gasteiger partial charge in [-0.1, -0.05) is 34.8 Å². The molecule has 0 aliphatic carbocycles. The predicted octanol–water partition coefficient (Wildman–Crippen LogP) is 4.58. The molecule has 5 heteroatoms. The lowest BCUT2D eigenvalue weighted by molar-refractivity contribution is 1.30. The summed E-state index contributed by atoms with van der Waals surface area (Å²) in [5, 5.41) is 9.75. The van der Waals surface area contributed by atoms with Crippen molar-refractivity contribution in [3.8, 4) is 17.3 Å². The summed E-state index contributed by atoms with van der Waals surface area (Å²) in [5.41, 5.74) is 1.94. The van der Waals surface area contributed by atoms with Gasteiger partial charge in [0.15, 0.2) is 0 Å². The molecule has 2 nitrogen and oxygen atoms in total. The fourth-order valence-electron chi connectivity index (χ4n) is 1.33. The van der Waals surface area contributed by atoms with Crippen molar-refractivity contribution in [1.82, 2.24) is 4.98 Å². The molecule has 0 fully saturated rings. The molecule has 0 saturated heterocycles. The SMILES string of the molecule is N#Cc1ccc(-c2cc(Cl)c(Cl)c(Cl)c2)nc1. The second-order valence-corrected chi connectivity index (χ2v) is 4.49. The normalized spacial score (nSPS) is 10.0. The van der Waals surface area contributed by atoms with Crippen LogP contribution >= 0.6 is 34.8 Å². The van der Waals surface area contributed by atoms with E-state index in [0.717, 1.165) is 5.56 Å². The minimum absolute atomic E-state index is 0.325. The summed E-state index contributed by atoms with van der Waals surface area (Å²) in [6.45, 7) is 0. The summed E-state index contributed by atoms with van der Waals surface area (Å²) in [6.07, 6.45) is 1.49. The van der Waals surface area contributed by atoms with Gasteiger partial charge in [0, 0.05) is 11.8 Å². The van der Waals surface area contributed by atoms with Crippen molar-refractivity contribution in [2.45, 2.75) is 0 Å². The Hall–Kier alpha value is -1.27. The fraction of sp³-hybridized carbons (Fsp3) is 0. The minimum atomic E-state index is 0.325. The van der Waals surface area contributed by atoms with E-state index in [0.29, 0.717) is 26.3 Å². The Kier molecular flexibility index (Phi) is 3.54. The molecule has 0 aliphatic heterocycles. The van der Waals surface area contributed by atoms with Crippen molar-refractivity contribution in [2.24, 2.45) is 0 Å². The molecule has 0 atom stereocenters. The summed E-state index contributed by atoms with van der Waals surface area (Å²) in [6, 6.07) is 8.78. The largest absolute Gasteiger partial charge is 0.255 e. The zero-order valence-corrected chi connectivity index (χ0v) is 10.7. The van der Waals surface area contributed by atoms with Crippen molar-refractivity contribution in [3.05, 3.63) is 51.1 Å². The van der Waals surface area contributed by atoms with E-state index in [-0.39, 0.29) is 0 Å². The van der Waals surface area contributed by atoms with Gasteiger partial charge < -0.3 is 0 Å². The van der Waals surface area contributed by atoms with Crippen LogP contribution < -0.4 is 0 Å². The first-order chi connectivity index (χ1) is 8.11. The maximum Gasteiger partial charge on any atom is 0.101 e. The lowest BCUT2D eigenvalue weighted by atomic mass is 10.1. The Balaban J connectivity index is 2.50. The van der Waals surface area contributed by atoms with Crippen LogP contribution in [0.15, 0.2) is 30.5 Å². The molecular formula is C12H5Cl3N2. The molecule has 2 rings (SSSR count). The van der Waals surface area contributed by atoms with Crippen molar-refractivity contribution in [1.29, 1.82) is 5.26 Å². The molecule has 0 amide bonds. The molecule has 84 valence electrons. The van der Waals surface area contributed by atoms with Gasteiger partial charge in [-0.2, -0.15) is 5.26 Å². The van der Waals surface area contributed by atoms with Crippen molar-refractivity contribution < 1.29 is 0 Å². The molecule has 17 heavy (non-hydrogen) atoms. The van der Waals surface area contributed by atoms with E-state index in [9.17, 15) is 0 Å². The highest BCUT2D eigenvalue weighted by molar-refractivity contribution is 6.48. The fourth-order valence-corrected chi connectivity index (χ4v) is 1.93. The Morgan fingerprint density at radius 1 is 1.06 bits per heavy atom. The van der Waals surface area contributed by atoms with E-state index in [1.165, 1.54) is 6.20 Å². The zero-order chi connectivity index (χ0) is 12.4. The lowest BCUT2D eigenvalue weighted by Crippen LogP contribution is -1.85. The van der Waals surface area contributed by atoms with Crippen LogP contribution in [0.1, 0.15) is 5.56 Å². The maximum atomic E-state index is 8.67. The van der Waals surface area contributed by atoms with Gasteiger partial charge in [-0.3, -0.25) is 4.98 Å². The van der Waals surface area contributed by atoms with Crippen LogP contribution in [0.4, 0.5) is 0 Å². The third-order valence-corrected chi connectivity index (χ3v) is 3.37. The maximum absolute atomic E-state index is 8.67. The number of benzene rings is 1. The number of nitrogens with zero attached hydrogens (tertiary/aromatic N) is 2. The summed E-state index contributed by atoms with van der Waals surface area (Å²) >= 11 is 17.7. The summed E-state index contributed by atoms with van der Waals surface area (Å²) in [5.74, 6) is 0. The number of hydrogen-bond donors (Lipinski definition) is 0. The molecule has 0 aliphatic rings. The van der Waals surface area contributed by atoms with Crippen LogP contribution in [-0.4, -0.2) is 4.98 Å². The number of pyridine rings is 1. The Morgan fingerprint density at radius 3 is 2.18 bits per heavy atom. The monoisotopic (exact) mass is 282 g/mol. The number of hydrogen-bond acceptors (Lipinski definition) is 2. The average molecular weight is 284 g/mol. The van der Waals surface area contributed by atoms with Gasteiger partial charge >= 0.3 is 0 Å². The molecule has 0 radical (unpaired) electrons. The lowest BCUT2D eigenvalue weighted by Gasteiger charge is -2.04. The first-order valence-electron chi connectivity index (χ1n) is 4.63. The first-order valence-corrected chi connectivity index (χ1v) is 5.76. The van der Waals surface area contributed by atoms with Crippen LogP contribution in [-0.2, 0) is 0 Å². The van der Waals surface area contributed by atoms with Gasteiger partial charge in [0.05, 0.1) is 26.3 Å². The summed E-state index contributed by atoms with van der Waals surface area (Å²) < 4.78 is 0. The van der Waals surface area contributed by atoms with Crippen molar-refractivity contribution in [3.63, 3.8) is 0 Å². The first kappa shape index (κ1) is 12.2. The molecule has 0 unspecified atom stereocenters. The predicted molar refractivity (Wildman–Crippen MR) is 69.4 cm³/mol. The molecule has 0 saturated carbocycles. The third kappa shape index (κ3) is 2.53. The summed E-state index contributed by atoms with van der Waals surface area (Å²) in [4.78, 5) is 4.15. The molecule has 1 aromatic carbocycles. The standard InChI is InChI=1S/C12H5Cl3N2/c13-9-3-8(4-10(14)12(9)15)11-2-1-7(5-16)6-17-11/h1-4,6H. The van der Waals surface area contributed by atoms with E-state index in [4.69, 9.17) is 40.1 Å². The minimum Gasteiger partial charge on any atom is -0.255 e. The van der Waals surface area contributed by atoms with Gasteiger partial charge in [0.25, 0.3) is 0 Å². The van der Waals surface area contributed by atoms with Crippen LogP contribution in [0.3, 0.4) is 0 Å². The molecule has 0 N–H and O–H groups in total. The molecule has 1 heterocycles. The van der Waals surface area contributed by atoms with Gasteiger partial charge in [-0.15, -0.1) is 0 Å². The zero-order valence-electron chi connectivity index (χ0n) is 8.42. The van der Waals surface area contributed by atoms with Gasteiger partial charge in [0.2, 0.25) is 0 Å². The van der Waals surface area contributed by atoms with Crippen molar-refractivity contribution in [2.75, 3.05) is 0 Å². The number of nitriles is 1.